The Hall–Kier alpha value is -4.08. The third kappa shape index (κ3) is 6.02. The Balaban J connectivity index is 1.68. The number of ether oxygens (including phenoxy) is 1. The number of aryl methyl sites for hydroxylation is 2. The van der Waals surface area contributed by atoms with Gasteiger partial charge in [-0.05, 0) is 47.7 Å². The van der Waals surface area contributed by atoms with Crippen molar-refractivity contribution in [2.45, 2.75) is 31.7 Å². The summed E-state index contributed by atoms with van der Waals surface area (Å²) in [6, 6.07) is 27.8. The maximum atomic E-state index is 13.0. The van der Waals surface area contributed by atoms with Gasteiger partial charge in [-0.1, -0.05) is 86.3 Å². The van der Waals surface area contributed by atoms with Crippen LogP contribution in [0.1, 0.15) is 30.5 Å². The molecule has 1 aromatic heterocycles. The molecule has 0 saturated heterocycles. The minimum Gasteiger partial charge on any atom is -0.497 e. The molecule has 0 aliphatic carbocycles. The Morgan fingerprint density at radius 3 is 2.22 bits per heavy atom. The monoisotopic (exact) mass is 507 g/mol. The van der Waals surface area contributed by atoms with Crippen LogP contribution in [-0.2, 0) is 17.6 Å². The van der Waals surface area contributed by atoms with Gasteiger partial charge >= 0.3 is 0 Å². The van der Waals surface area contributed by atoms with Crippen LogP contribution < -0.4 is 10.1 Å². The summed E-state index contributed by atoms with van der Waals surface area (Å²) < 4.78 is 5.30. The summed E-state index contributed by atoms with van der Waals surface area (Å²) in [6.07, 6.45) is 1.67. The Morgan fingerprint density at radius 2 is 1.62 bits per heavy atom. The van der Waals surface area contributed by atoms with Gasteiger partial charge in [-0.2, -0.15) is 5.26 Å². The molecule has 37 heavy (non-hydrogen) atoms. The third-order valence-corrected chi connectivity index (χ3v) is 7.15. The summed E-state index contributed by atoms with van der Waals surface area (Å²) in [7, 11) is 1.62. The van der Waals surface area contributed by atoms with Crippen LogP contribution in [0.5, 0.6) is 5.75 Å². The Kier molecular flexibility index (Phi) is 8.60. The second kappa shape index (κ2) is 12.2. The number of carbonyl (C=O) groups excluding carboxylic acids is 1. The molecule has 1 amide bonds. The lowest BCUT2D eigenvalue weighted by Gasteiger charge is -2.15. The normalized spacial score (nSPS) is 10.5. The average molecular weight is 508 g/mol. The Morgan fingerprint density at radius 1 is 0.946 bits per heavy atom. The van der Waals surface area contributed by atoms with E-state index in [-0.39, 0.29) is 11.7 Å². The highest BCUT2D eigenvalue weighted by molar-refractivity contribution is 8.00. The fraction of sp³-hybridized carbons (Fsp3) is 0.194. The number of anilines is 1. The summed E-state index contributed by atoms with van der Waals surface area (Å²) in [5.41, 5.74) is 6.91. The molecule has 0 spiro atoms. The van der Waals surface area contributed by atoms with Gasteiger partial charge in [-0.15, -0.1) is 0 Å². The number of rotatable bonds is 9. The van der Waals surface area contributed by atoms with Crippen molar-refractivity contribution in [3.8, 4) is 34.2 Å². The first-order valence-corrected chi connectivity index (χ1v) is 13.2. The van der Waals surface area contributed by atoms with Crippen LogP contribution in [0, 0.1) is 11.3 Å². The smallest absolute Gasteiger partial charge is 0.234 e. The number of nitrogens with one attached hydrogen (secondary N) is 1. The average Bonchev–Trinajstić information content (AvgIpc) is 2.96. The van der Waals surface area contributed by atoms with Crippen molar-refractivity contribution in [1.82, 2.24) is 4.98 Å². The number of hydrogen-bond acceptors (Lipinski definition) is 5. The van der Waals surface area contributed by atoms with Gasteiger partial charge in [0.25, 0.3) is 0 Å². The quantitative estimate of drug-likeness (QED) is 0.244. The van der Waals surface area contributed by atoms with E-state index in [1.54, 1.807) is 7.11 Å². The van der Waals surface area contributed by atoms with Crippen LogP contribution in [0.15, 0.2) is 83.9 Å². The van der Waals surface area contributed by atoms with E-state index in [4.69, 9.17) is 9.72 Å². The van der Waals surface area contributed by atoms with Crippen LogP contribution in [0.4, 0.5) is 5.69 Å². The number of nitrogens with zero attached hydrogens (tertiary/aromatic N) is 2. The van der Waals surface area contributed by atoms with E-state index < -0.39 is 0 Å². The number of aromatic nitrogens is 1. The van der Waals surface area contributed by atoms with Crippen molar-refractivity contribution < 1.29 is 9.53 Å². The molecule has 3 aromatic carbocycles. The molecule has 0 aliphatic heterocycles. The third-order valence-electron chi connectivity index (χ3n) is 6.17. The molecule has 1 N–H and O–H groups in total. The molecule has 186 valence electrons. The molecule has 0 radical (unpaired) electrons. The van der Waals surface area contributed by atoms with Gasteiger partial charge in [0, 0.05) is 16.8 Å². The van der Waals surface area contributed by atoms with E-state index in [1.807, 2.05) is 78.9 Å². The van der Waals surface area contributed by atoms with E-state index in [2.05, 4.69) is 25.2 Å². The van der Waals surface area contributed by atoms with Gasteiger partial charge in [-0.25, -0.2) is 4.98 Å². The second-order valence-electron chi connectivity index (χ2n) is 8.44. The summed E-state index contributed by atoms with van der Waals surface area (Å²) in [4.78, 5) is 17.9. The number of para-hydroxylation sites is 1. The molecule has 5 nitrogen and oxygen atoms in total. The molecule has 0 bridgehead atoms. The number of thioether (sulfide) groups is 1. The number of benzene rings is 3. The minimum absolute atomic E-state index is 0.123. The lowest BCUT2D eigenvalue weighted by Crippen LogP contribution is -2.17. The molecule has 4 rings (SSSR count). The van der Waals surface area contributed by atoms with Gasteiger partial charge in [0.1, 0.15) is 16.8 Å². The minimum atomic E-state index is -0.123. The Bertz CT molecular complexity index is 1410. The van der Waals surface area contributed by atoms with Gasteiger partial charge in [0.15, 0.2) is 0 Å². The molecule has 6 heteroatoms. The molecule has 0 atom stereocenters. The highest BCUT2D eigenvalue weighted by Crippen LogP contribution is 2.35. The zero-order valence-electron chi connectivity index (χ0n) is 21.2. The highest BCUT2D eigenvalue weighted by atomic mass is 32.2. The molecular weight excluding hydrogens is 478 g/mol. The van der Waals surface area contributed by atoms with Gasteiger partial charge < -0.3 is 10.1 Å². The summed E-state index contributed by atoms with van der Waals surface area (Å²) >= 11 is 1.28. The summed E-state index contributed by atoms with van der Waals surface area (Å²) in [5, 5.41) is 13.8. The lowest BCUT2D eigenvalue weighted by molar-refractivity contribution is -0.113. The van der Waals surface area contributed by atoms with Gasteiger partial charge in [-0.3, -0.25) is 4.79 Å². The zero-order valence-corrected chi connectivity index (χ0v) is 22.1. The van der Waals surface area contributed by atoms with E-state index in [0.29, 0.717) is 10.6 Å². The maximum absolute atomic E-state index is 13.0. The molecule has 0 saturated carbocycles. The highest BCUT2D eigenvalue weighted by Gasteiger charge is 2.18. The van der Waals surface area contributed by atoms with Crippen molar-refractivity contribution in [2.75, 3.05) is 18.2 Å². The lowest BCUT2D eigenvalue weighted by atomic mass is 9.99. The predicted octanol–water partition coefficient (Wildman–Crippen LogP) is 7.15. The number of methoxy groups -OCH3 is 1. The van der Waals surface area contributed by atoms with Crippen LogP contribution in [-0.4, -0.2) is 23.8 Å². The Labute approximate surface area is 222 Å². The number of carbonyl (C=O) groups is 1. The van der Waals surface area contributed by atoms with Crippen molar-refractivity contribution in [3.63, 3.8) is 0 Å². The van der Waals surface area contributed by atoms with Crippen molar-refractivity contribution in [1.29, 1.82) is 5.26 Å². The van der Waals surface area contributed by atoms with Crippen molar-refractivity contribution in [2.24, 2.45) is 0 Å². The number of pyridine rings is 1. The molecule has 0 unspecified atom stereocenters. The topological polar surface area (TPSA) is 75.0 Å². The van der Waals surface area contributed by atoms with Crippen LogP contribution in [0.3, 0.4) is 0 Å². The standard InChI is InChI=1S/C31H29N3O2S/c1-4-21-12-9-13-22(5-2)30(21)34-29(35)20-37-31-27(19-32)26(23-14-16-25(36-3)17-15-23)18-28(33-31)24-10-7-6-8-11-24/h6-18H,4-5,20H2,1-3H3,(H,34,35). The molecule has 1 heterocycles. The van der Waals surface area contributed by atoms with E-state index in [0.717, 1.165) is 57.8 Å². The SMILES string of the molecule is CCc1cccc(CC)c1NC(=O)CSc1nc(-c2ccccc2)cc(-c2ccc(OC)cc2)c1C#N. The first-order valence-electron chi connectivity index (χ1n) is 12.3. The van der Waals surface area contributed by atoms with Crippen LogP contribution >= 0.6 is 11.8 Å². The van der Waals surface area contributed by atoms with E-state index in [1.165, 1.54) is 11.8 Å². The maximum Gasteiger partial charge on any atom is 0.234 e. The summed E-state index contributed by atoms with van der Waals surface area (Å²) in [5.74, 6) is 0.760. The number of amides is 1. The predicted molar refractivity (Wildman–Crippen MR) is 151 cm³/mol. The molecule has 0 fully saturated rings. The summed E-state index contributed by atoms with van der Waals surface area (Å²) in [6.45, 7) is 4.16. The van der Waals surface area contributed by atoms with Gasteiger partial charge in [0.2, 0.25) is 5.91 Å². The second-order valence-corrected chi connectivity index (χ2v) is 9.40. The fourth-order valence-corrected chi connectivity index (χ4v) is 5.00. The molecular formula is C31H29N3O2S. The largest absolute Gasteiger partial charge is 0.497 e. The van der Waals surface area contributed by atoms with Gasteiger partial charge in [0.05, 0.1) is 24.1 Å². The zero-order chi connectivity index (χ0) is 26.2. The number of hydrogen-bond donors (Lipinski definition) is 1. The van der Waals surface area contributed by atoms with Crippen LogP contribution in [0.2, 0.25) is 0 Å². The fourth-order valence-electron chi connectivity index (χ4n) is 4.20. The first-order chi connectivity index (χ1) is 18.1. The number of nitriles is 1. The van der Waals surface area contributed by atoms with E-state index >= 15 is 0 Å². The van der Waals surface area contributed by atoms with Crippen molar-refractivity contribution in [3.05, 3.63) is 95.6 Å². The van der Waals surface area contributed by atoms with E-state index in [9.17, 15) is 10.1 Å². The first kappa shape index (κ1) is 26.0. The van der Waals surface area contributed by atoms with Crippen LogP contribution in [0.25, 0.3) is 22.4 Å². The van der Waals surface area contributed by atoms with Crippen molar-refractivity contribution >= 4 is 23.4 Å². The molecule has 0 aliphatic rings. The molecule has 4 aromatic rings.